The molecule has 0 fully saturated rings. The van der Waals surface area contributed by atoms with Crippen molar-refractivity contribution in [2.75, 3.05) is 32.5 Å². The molecule has 200 valence electrons. The molecule has 11 nitrogen and oxygen atoms in total. The molecule has 0 aliphatic carbocycles. The van der Waals surface area contributed by atoms with Crippen molar-refractivity contribution < 1.29 is 18.6 Å². The average molecular weight is 540 g/mol. The van der Waals surface area contributed by atoms with Gasteiger partial charge in [0.15, 0.2) is 5.78 Å². The SMILES string of the molecule is C#Cc1cc(Nc2ncnc3cnc(CC(=O)/C=C/C[N+](C)(C)CC4=C([N+](=O)[O-])N=C(C#N)C4)cc23)ccc1F. The van der Waals surface area contributed by atoms with Crippen molar-refractivity contribution in [3.63, 3.8) is 0 Å². The molecule has 1 N–H and O–H groups in total. The van der Waals surface area contributed by atoms with Gasteiger partial charge in [-0.2, -0.15) is 5.26 Å². The molecule has 1 aliphatic heterocycles. The second-order valence-electron chi connectivity index (χ2n) is 9.73. The maximum atomic E-state index is 13.8. The minimum absolute atomic E-state index is 0.0297. The number of nitrogens with one attached hydrogen (secondary N) is 1. The summed E-state index contributed by atoms with van der Waals surface area (Å²) in [5.74, 6) is 1.78. The lowest BCUT2D eigenvalue weighted by atomic mass is 10.1. The van der Waals surface area contributed by atoms with Crippen molar-refractivity contribution in [1.29, 1.82) is 5.26 Å². The minimum atomic E-state index is -0.574. The number of hydrogen-bond acceptors (Lipinski definition) is 9. The zero-order chi connectivity index (χ0) is 28.9. The molecule has 0 amide bonds. The zero-order valence-electron chi connectivity index (χ0n) is 21.8. The van der Waals surface area contributed by atoms with Crippen LogP contribution in [-0.4, -0.2) is 63.0 Å². The normalized spacial score (nSPS) is 13.3. The molecule has 3 heterocycles. The second kappa shape index (κ2) is 11.6. The monoisotopic (exact) mass is 539 g/mol. The number of terminal acetylenes is 1. The van der Waals surface area contributed by atoms with E-state index >= 15 is 0 Å². The number of pyridine rings is 1. The highest BCUT2D eigenvalue weighted by Crippen LogP contribution is 2.25. The third-order valence-corrected chi connectivity index (χ3v) is 6.08. The Morgan fingerprint density at radius 2 is 2.10 bits per heavy atom. The summed E-state index contributed by atoms with van der Waals surface area (Å²) >= 11 is 0. The quantitative estimate of drug-likeness (QED) is 0.135. The fourth-order valence-corrected chi connectivity index (χ4v) is 4.23. The number of aliphatic imine (C=N–C) groups is 1. The lowest BCUT2D eigenvalue weighted by Crippen LogP contribution is -2.41. The van der Waals surface area contributed by atoms with Gasteiger partial charge >= 0.3 is 5.82 Å². The zero-order valence-corrected chi connectivity index (χ0v) is 21.8. The van der Waals surface area contributed by atoms with Crippen molar-refractivity contribution in [3.8, 4) is 18.4 Å². The Labute approximate surface area is 229 Å². The molecule has 1 aromatic carbocycles. The summed E-state index contributed by atoms with van der Waals surface area (Å²) in [6.45, 7) is 0.731. The van der Waals surface area contributed by atoms with Crippen molar-refractivity contribution in [2.45, 2.75) is 12.8 Å². The summed E-state index contributed by atoms with van der Waals surface area (Å²) in [7, 11) is 3.74. The van der Waals surface area contributed by atoms with Gasteiger partial charge in [-0.05, 0) is 46.3 Å². The van der Waals surface area contributed by atoms with Gasteiger partial charge in [0.05, 0.1) is 56.3 Å². The van der Waals surface area contributed by atoms with Gasteiger partial charge in [0, 0.05) is 16.8 Å². The number of nitrogens with zero attached hydrogens (tertiary/aromatic N) is 7. The van der Waals surface area contributed by atoms with Gasteiger partial charge in [0.25, 0.3) is 0 Å². The fourth-order valence-electron chi connectivity index (χ4n) is 4.23. The standard InChI is InChI=1S/C28H24FN8O3/c1-4-18-10-20(7-8-25(18)29)34-27-24-13-21(31-15-26(24)32-17-33-27)12-23(38)6-5-9-37(2,3)16-19-11-22(14-30)35-28(19)36(39)40/h1,5-8,10,13,15,17H,9,11-12,16H2,2-3H3,(H,32,33,34)/q+1/b6-5+. The molecular weight excluding hydrogens is 515 g/mol. The predicted molar refractivity (Wildman–Crippen MR) is 146 cm³/mol. The summed E-state index contributed by atoms with van der Waals surface area (Å²) in [4.78, 5) is 40.0. The third kappa shape index (κ3) is 6.56. The molecule has 2 aromatic heterocycles. The van der Waals surface area contributed by atoms with Crippen molar-refractivity contribution in [3.05, 3.63) is 87.5 Å². The Morgan fingerprint density at radius 3 is 2.83 bits per heavy atom. The summed E-state index contributed by atoms with van der Waals surface area (Å²) in [5, 5.41) is 24.1. The van der Waals surface area contributed by atoms with E-state index in [4.69, 9.17) is 11.7 Å². The maximum absolute atomic E-state index is 13.8. The number of anilines is 2. The molecule has 4 rings (SSSR count). The number of nitriles is 1. The first-order valence-electron chi connectivity index (χ1n) is 12.1. The van der Waals surface area contributed by atoms with E-state index in [0.717, 1.165) is 0 Å². The molecule has 0 spiro atoms. The minimum Gasteiger partial charge on any atom is -0.358 e. The Bertz CT molecular complexity index is 1700. The van der Waals surface area contributed by atoms with Gasteiger partial charge in [-0.25, -0.2) is 14.4 Å². The van der Waals surface area contributed by atoms with Gasteiger partial charge < -0.3 is 19.9 Å². The number of likely N-dealkylation sites (N-methyl/N-ethyl adjacent to an activating group) is 1. The van der Waals surface area contributed by atoms with Crippen molar-refractivity contribution >= 4 is 33.9 Å². The number of aromatic nitrogens is 3. The van der Waals surface area contributed by atoms with Crippen LogP contribution in [-0.2, 0) is 11.2 Å². The number of nitro groups is 1. The summed E-state index contributed by atoms with van der Waals surface area (Å²) in [6.07, 6.45) is 11.6. The van der Waals surface area contributed by atoms with Crippen LogP contribution < -0.4 is 5.32 Å². The van der Waals surface area contributed by atoms with Crippen LogP contribution in [0.1, 0.15) is 17.7 Å². The van der Waals surface area contributed by atoms with E-state index < -0.39 is 10.7 Å². The molecule has 0 bridgehead atoms. The molecule has 0 saturated heterocycles. The first-order chi connectivity index (χ1) is 19.1. The molecule has 0 atom stereocenters. The Morgan fingerprint density at radius 1 is 1.30 bits per heavy atom. The first kappa shape index (κ1) is 27.7. The maximum Gasteiger partial charge on any atom is 0.369 e. The average Bonchev–Trinajstić information content (AvgIpc) is 3.32. The van der Waals surface area contributed by atoms with Crippen LogP contribution in [0.3, 0.4) is 0 Å². The molecule has 40 heavy (non-hydrogen) atoms. The van der Waals surface area contributed by atoms with Crippen LogP contribution in [0.15, 0.2) is 65.3 Å². The number of fused-ring (bicyclic) bond motifs is 1. The Hall–Kier alpha value is -5.33. The topological polar surface area (TPSA) is 147 Å². The molecular formula is C28H24FN8O3+. The fraction of sp³-hybridized carbons (Fsp3) is 0.214. The summed E-state index contributed by atoms with van der Waals surface area (Å²) in [6, 6.07) is 7.90. The lowest BCUT2D eigenvalue weighted by molar-refractivity contribution is -0.880. The first-order valence-corrected chi connectivity index (χ1v) is 12.1. The van der Waals surface area contributed by atoms with E-state index in [1.807, 2.05) is 20.2 Å². The van der Waals surface area contributed by atoms with Crippen LogP contribution in [0, 0.1) is 39.6 Å². The van der Waals surface area contributed by atoms with Crippen LogP contribution >= 0.6 is 0 Å². The molecule has 12 heteroatoms. The highest BCUT2D eigenvalue weighted by Gasteiger charge is 2.33. The van der Waals surface area contributed by atoms with Gasteiger partial charge in [-0.15, -0.1) is 6.42 Å². The number of carbonyl (C=O) groups excluding carboxylic acids is 1. The van der Waals surface area contributed by atoms with Crippen LogP contribution in [0.4, 0.5) is 15.9 Å². The van der Waals surface area contributed by atoms with Crippen LogP contribution in [0.25, 0.3) is 10.9 Å². The predicted octanol–water partition coefficient (Wildman–Crippen LogP) is 3.49. The van der Waals surface area contributed by atoms with Gasteiger partial charge in [-0.1, -0.05) is 5.92 Å². The number of carbonyl (C=O) groups is 1. The third-order valence-electron chi connectivity index (χ3n) is 6.08. The number of benzene rings is 1. The van der Waals surface area contributed by atoms with E-state index in [1.54, 1.807) is 18.3 Å². The number of ketones is 1. The van der Waals surface area contributed by atoms with Crippen molar-refractivity contribution in [1.82, 2.24) is 15.0 Å². The van der Waals surface area contributed by atoms with Crippen molar-refractivity contribution in [2.24, 2.45) is 4.99 Å². The Kier molecular flexibility index (Phi) is 8.03. The van der Waals surface area contributed by atoms with E-state index in [-0.39, 0.29) is 35.7 Å². The molecule has 0 saturated carbocycles. The lowest BCUT2D eigenvalue weighted by Gasteiger charge is -2.28. The smallest absolute Gasteiger partial charge is 0.358 e. The molecule has 0 radical (unpaired) electrons. The Balaban J connectivity index is 1.43. The number of allylic oxidation sites excluding steroid dienone is 1. The second-order valence-corrected chi connectivity index (χ2v) is 9.73. The highest BCUT2D eigenvalue weighted by molar-refractivity contribution is 6.02. The van der Waals surface area contributed by atoms with E-state index in [1.165, 1.54) is 30.6 Å². The molecule has 0 unspecified atom stereocenters. The number of hydrogen-bond donors (Lipinski definition) is 1. The molecule has 3 aromatic rings. The van der Waals surface area contributed by atoms with E-state index in [0.29, 0.717) is 51.2 Å². The van der Waals surface area contributed by atoms with Gasteiger partial charge in [-0.3, -0.25) is 9.78 Å². The largest absolute Gasteiger partial charge is 0.369 e. The van der Waals surface area contributed by atoms with Gasteiger partial charge in [0.2, 0.25) is 5.71 Å². The van der Waals surface area contributed by atoms with Crippen LogP contribution in [0.2, 0.25) is 0 Å². The summed E-state index contributed by atoms with van der Waals surface area (Å²) in [5.41, 5.74) is 2.32. The van der Waals surface area contributed by atoms with E-state index in [9.17, 15) is 19.3 Å². The number of halogens is 1. The van der Waals surface area contributed by atoms with Crippen LogP contribution in [0.5, 0.6) is 0 Å². The number of quaternary nitrogens is 1. The number of rotatable bonds is 10. The van der Waals surface area contributed by atoms with Gasteiger partial charge in [0.1, 0.15) is 30.6 Å². The summed E-state index contributed by atoms with van der Waals surface area (Å²) < 4.78 is 14.1. The molecule has 1 aliphatic rings. The highest BCUT2D eigenvalue weighted by atomic mass is 19.1. The van der Waals surface area contributed by atoms with E-state index in [2.05, 4.69) is 31.2 Å².